The lowest BCUT2D eigenvalue weighted by molar-refractivity contribution is -0.128. The van der Waals surface area contributed by atoms with E-state index in [2.05, 4.69) is 10.0 Å². The van der Waals surface area contributed by atoms with Gasteiger partial charge in [-0.3, -0.25) is 9.52 Å². The SMILES string of the molecule is C[C@H](Oc1ccc(S(=O)(=O)Nc2ccccc2Cl)cc1)C(=O)NC1CCCCC1. The molecule has 0 saturated heterocycles. The number of ether oxygens (including phenoxy) is 1. The van der Waals surface area contributed by atoms with Gasteiger partial charge in [0.05, 0.1) is 15.6 Å². The van der Waals surface area contributed by atoms with Gasteiger partial charge >= 0.3 is 0 Å². The van der Waals surface area contributed by atoms with Crippen LogP contribution in [0.4, 0.5) is 5.69 Å². The Balaban J connectivity index is 1.60. The molecule has 0 unspecified atom stereocenters. The Kier molecular flexibility index (Phi) is 7.03. The van der Waals surface area contributed by atoms with E-state index in [1.165, 1.54) is 30.7 Å². The van der Waals surface area contributed by atoms with Crippen molar-refractivity contribution in [2.24, 2.45) is 0 Å². The number of carbonyl (C=O) groups is 1. The zero-order chi connectivity index (χ0) is 20.9. The second-order valence-electron chi connectivity index (χ2n) is 7.16. The van der Waals surface area contributed by atoms with Crippen molar-refractivity contribution in [1.82, 2.24) is 5.32 Å². The average Bonchev–Trinajstić information content (AvgIpc) is 2.71. The highest BCUT2D eigenvalue weighted by Crippen LogP contribution is 2.25. The Morgan fingerprint density at radius 2 is 1.72 bits per heavy atom. The van der Waals surface area contributed by atoms with Crippen molar-refractivity contribution in [3.8, 4) is 5.75 Å². The normalized spacial score (nSPS) is 16.1. The van der Waals surface area contributed by atoms with Crippen molar-refractivity contribution in [1.29, 1.82) is 0 Å². The molecular formula is C21H25ClN2O4S. The molecular weight excluding hydrogens is 412 g/mol. The maximum Gasteiger partial charge on any atom is 0.261 e. The molecule has 29 heavy (non-hydrogen) atoms. The number of carbonyl (C=O) groups excluding carboxylic acids is 1. The Labute approximate surface area is 176 Å². The molecule has 6 nitrogen and oxygen atoms in total. The van der Waals surface area contributed by atoms with Crippen LogP contribution < -0.4 is 14.8 Å². The Hall–Kier alpha value is -2.25. The summed E-state index contributed by atoms with van der Waals surface area (Å²) in [6, 6.07) is 12.8. The number of amides is 1. The number of anilines is 1. The van der Waals surface area contributed by atoms with Crippen LogP contribution in [-0.4, -0.2) is 26.5 Å². The second-order valence-corrected chi connectivity index (χ2v) is 9.25. The first-order valence-corrected chi connectivity index (χ1v) is 11.6. The van der Waals surface area contributed by atoms with Gasteiger partial charge in [-0.15, -0.1) is 0 Å². The third kappa shape index (κ3) is 5.87. The Bertz CT molecular complexity index is 941. The topological polar surface area (TPSA) is 84.5 Å². The largest absolute Gasteiger partial charge is 0.481 e. The Morgan fingerprint density at radius 3 is 2.38 bits per heavy atom. The van der Waals surface area contributed by atoms with Crippen LogP contribution in [-0.2, 0) is 14.8 Å². The van der Waals surface area contributed by atoms with Crippen LogP contribution in [0.25, 0.3) is 0 Å². The number of nitrogens with one attached hydrogen (secondary N) is 2. The summed E-state index contributed by atoms with van der Waals surface area (Å²) in [6.45, 7) is 1.68. The van der Waals surface area contributed by atoms with Crippen molar-refractivity contribution in [3.05, 3.63) is 53.6 Å². The van der Waals surface area contributed by atoms with Crippen molar-refractivity contribution in [2.45, 2.75) is 56.1 Å². The van der Waals surface area contributed by atoms with Crippen LogP contribution in [0.5, 0.6) is 5.75 Å². The third-order valence-corrected chi connectivity index (χ3v) is 6.60. The summed E-state index contributed by atoms with van der Waals surface area (Å²) >= 11 is 6.01. The fourth-order valence-corrected chi connectivity index (χ4v) is 4.59. The van der Waals surface area contributed by atoms with Crippen LogP contribution in [0.2, 0.25) is 5.02 Å². The van der Waals surface area contributed by atoms with E-state index in [4.69, 9.17) is 16.3 Å². The van der Waals surface area contributed by atoms with Gasteiger partial charge in [0, 0.05) is 6.04 Å². The van der Waals surface area contributed by atoms with Gasteiger partial charge in [-0.05, 0) is 56.2 Å². The second kappa shape index (κ2) is 9.50. The number of rotatable bonds is 7. The molecule has 1 aliphatic rings. The van der Waals surface area contributed by atoms with Crippen LogP contribution >= 0.6 is 11.6 Å². The first-order valence-electron chi connectivity index (χ1n) is 9.69. The van der Waals surface area contributed by atoms with Gasteiger partial charge in [0.25, 0.3) is 15.9 Å². The molecule has 0 bridgehead atoms. The molecule has 1 fully saturated rings. The number of hydrogen-bond acceptors (Lipinski definition) is 4. The first-order chi connectivity index (χ1) is 13.8. The molecule has 1 amide bonds. The molecule has 8 heteroatoms. The maximum atomic E-state index is 12.5. The number of para-hydroxylation sites is 1. The molecule has 0 radical (unpaired) electrons. The highest BCUT2D eigenvalue weighted by molar-refractivity contribution is 7.92. The maximum absolute atomic E-state index is 12.5. The van der Waals surface area contributed by atoms with Gasteiger partial charge < -0.3 is 10.1 Å². The van der Waals surface area contributed by atoms with E-state index in [1.54, 1.807) is 31.2 Å². The molecule has 156 valence electrons. The molecule has 3 rings (SSSR count). The van der Waals surface area contributed by atoms with Crippen molar-refractivity contribution < 1.29 is 17.9 Å². The summed E-state index contributed by atoms with van der Waals surface area (Å²) < 4.78 is 33.2. The van der Waals surface area contributed by atoms with E-state index < -0.39 is 16.1 Å². The molecule has 2 aromatic rings. The summed E-state index contributed by atoms with van der Waals surface area (Å²) in [7, 11) is -3.79. The fourth-order valence-electron chi connectivity index (χ4n) is 3.27. The monoisotopic (exact) mass is 436 g/mol. The Morgan fingerprint density at radius 1 is 1.07 bits per heavy atom. The highest BCUT2D eigenvalue weighted by Gasteiger charge is 2.21. The fraction of sp³-hybridized carbons (Fsp3) is 0.381. The van der Waals surface area contributed by atoms with Crippen LogP contribution in [0, 0.1) is 0 Å². The van der Waals surface area contributed by atoms with E-state index in [0.29, 0.717) is 16.5 Å². The predicted molar refractivity (Wildman–Crippen MR) is 114 cm³/mol. The smallest absolute Gasteiger partial charge is 0.261 e. The van der Waals surface area contributed by atoms with E-state index in [9.17, 15) is 13.2 Å². The quantitative estimate of drug-likeness (QED) is 0.675. The summed E-state index contributed by atoms with van der Waals surface area (Å²) in [5.41, 5.74) is 0.308. The third-order valence-electron chi connectivity index (χ3n) is 4.89. The average molecular weight is 437 g/mol. The minimum absolute atomic E-state index is 0.0732. The van der Waals surface area contributed by atoms with Gasteiger partial charge in [-0.1, -0.05) is 43.0 Å². The highest BCUT2D eigenvalue weighted by atomic mass is 35.5. The van der Waals surface area contributed by atoms with Gasteiger partial charge in [0.1, 0.15) is 5.75 Å². The van der Waals surface area contributed by atoms with E-state index in [-0.39, 0.29) is 16.8 Å². The lowest BCUT2D eigenvalue weighted by Gasteiger charge is -2.24. The van der Waals surface area contributed by atoms with E-state index in [0.717, 1.165) is 25.7 Å². The molecule has 2 N–H and O–H groups in total. The minimum Gasteiger partial charge on any atom is -0.481 e. The van der Waals surface area contributed by atoms with Gasteiger partial charge in [-0.2, -0.15) is 0 Å². The summed E-state index contributed by atoms with van der Waals surface area (Å²) in [5, 5.41) is 3.34. The number of benzene rings is 2. The summed E-state index contributed by atoms with van der Waals surface area (Å²) in [6.07, 6.45) is 4.84. The van der Waals surface area contributed by atoms with Crippen molar-refractivity contribution >= 4 is 33.2 Å². The summed E-state index contributed by atoms with van der Waals surface area (Å²) in [4.78, 5) is 12.4. The number of hydrogen-bond donors (Lipinski definition) is 2. The lowest BCUT2D eigenvalue weighted by atomic mass is 9.95. The minimum atomic E-state index is -3.79. The molecule has 0 spiro atoms. The van der Waals surface area contributed by atoms with Gasteiger partial charge in [-0.25, -0.2) is 8.42 Å². The summed E-state index contributed by atoms with van der Waals surface area (Å²) in [5.74, 6) is 0.266. The van der Waals surface area contributed by atoms with Gasteiger partial charge in [0.2, 0.25) is 0 Å². The first kappa shape index (κ1) is 21.5. The van der Waals surface area contributed by atoms with Gasteiger partial charge in [0.15, 0.2) is 6.10 Å². The molecule has 2 aromatic carbocycles. The zero-order valence-electron chi connectivity index (χ0n) is 16.2. The molecule has 1 aliphatic carbocycles. The molecule has 1 atom stereocenters. The van der Waals surface area contributed by atoms with Crippen molar-refractivity contribution in [3.63, 3.8) is 0 Å². The molecule has 0 heterocycles. The van der Waals surface area contributed by atoms with E-state index in [1.807, 2.05) is 0 Å². The molecule has 1 saturated carbocycles. The number of sulfonamides is 1. The predicted octanol–water partition coefficient (Wildman–Crippen LogP) is 4.36. The zero-order valence-corrected chi connectivity index (χ0v) is 17.8. The standard InChI is InChI=1S/C21H25ClN2O4S/c1-15(21(25)23-16-7-3-2-4-8-16)28-17-11-13-18(14-12-17)29(26,27)24-20-10-6-5-9-19(20)22/h5-6,9-16,24H,2-4,7-8H2,1H3,(H,23,25)/t15-/m0/s1. The number of halogens is 1. The van der Waals surface area contributed by atoms with Crippen LogP contribution in [0.1, 0.15) is 39.0 Å². The molecule has 0 aliphatic heterocycles. The van der Waals surface area contributed by atoms with Crippen LogP contribution in [0.3, 0.4) is 0 Å². The van der Waals surface area contributed by atoms with E-state index >= 15 is 0 Å². The molecule has 0 aromatic heterocycles. The van der Waals surface area contributed by atoms with Crippen molar-refractivity contribution in [2.75, 3.05) is 4.72 Å². The van der Waals surface area contributed by atoms with Crippen LogP contribution in [0.15, 0.2) is 53.4 Å². The lowest BCUT2D eigenvalue weighted by Crippen LogP contribution is -2.43.